The number of aliphatic hydroxyl groups is 1. The molecule has 0 unspecified atom stereocenters. The summed E-state index contributed by atoms with van der Waals surface area (Å²) in [5.41, 5.74) is 6.91. The Bertz CT molecular complexity index is 438. The molecule has 1 aromatic carbocycles. The molecule has 1 rings (SSSR count). The first-order valence-corrected chi connectivity index (χ1v) is 5.96. The van der Waals surface area contributed by atoms with Gasteiger partial charge in [-0.05, 0) is 19.1 Å². The molecule has 1 aromatic rings. The number of ether oxygens (including phenoxy) is 1. The number of halogens is 1. The molecule has 6 heteroatoms. The summed E-state index contributed by atoms with van der Waals surface area (Å²) in [6.45, 7) is 2.86. The molecule has 0 saturated carbocycles. The van der Waals surface area contributed by atoms with Gasteiger partial charge in [0.05, 0.1) is 30.0 Å². The van der Waals surface area contributed by atoms with Crippen molar-refractivity contribution < 1.29 is 14.6 Å². The number of likely N-dealkylation sites (N-methyl/N-ethyl adjacent to an activating group) is 1. The minimum Gasteiger partial charge on any atom is -0.465 e. The third kappa shape index (κ3) is 3.05. The maximum Gasteiger partial charge on any atom is 0.340 e. The maximum atomic E-state index is 11.7. The lowest BCUT2D eigenvalue weighted by atomic mass is 10.1. The van der Waals surface area contributed by atoms with E-state index in [1.807, 2.05) is 6.92 Å². The molecule has 0 aliphatic heterocycles. The molecule has 0 aliphatic carbocycles. The number of nitrogen functional groups attached to an aromatic ring is 1. The van der Waals surface area contributed by atoms with E-state index in [1.54, 1.807) is 11.0 Å². The summed E-state index contributed by atoms with van der Waals surface area (Å²) in [5, 5.41) is 9.40. The quantitative estimate of drug-likeness (QED) is 0.628. The van der Waals surface area contributed by atoms with Gasteiger partial charge in [-0.3, -0.25) is 0 Å². The average Bonchev–Trinajstić information content (AvgIpc) is 2.35. The second-order valence-electron chi connectivity index (χ2n) is 3.69. The fourth-order valence-corrected chi connectivity index (χ4v) is 2.10. The van der Waals surface area contributed by atoms with Gasteiger partial charge in [0.15, 0.2) is 0 Å². The van der Waals surface area contributed by atoms with Gasteiger partial charge < -0.3 is 20.5 Å². The zero-order chi connectivity index (χ0) is 13.7. The number of benzene rings is 1. The van der Waals surface area contributed by atoms with Crippen LogP contribution in [0.4, 0.5) is 11.4 Å². The average molecular weight is 273 g/mol. The van der Waals surface area contributed by atoms with Crippen LogP contribution in [0.25, 0.3) is 0 Å². The molecule has 0 aromatic heterocycles. The van der Waals surface area contributed by atoms with E-state index in [1.165, 1.54) is 13.2 Å². The number of hydrogen-bond donors (Lipinski definition) is 2. The Kier molecular flexibility index (Phi) is 5.25. The van der Waals surface area contributed by atoms with Crippen molar-refractivity contribution in [3.8, 4) is 0 Å². The van der Waals surface area contributed by atoms with E-state index in [-0.39, 0.29) is 6.61 Å². The van der Waals surface area contributed by atoms with Crippen LogP contribution in [0, 0.1) is 0 Å². The lowest BCUT2D eigenvalue weighted by molar-refractivity contribution is 0.0601. The zero-order valence-corrected chi connectivity index (χ0v) is 11.2. The predicted molar refractivity (Wildman–Crippen MR) is 72.2 cm³/mol. The Labute approximate surface area is 111 Å². The number of methoxy groups -OCH3 is 1. The van der Waals surface area contributed by atoms with E-state index in [4.69, 9.17) is 27.2 Å². The van der Waals surface area contributed by atoms with Gasteiger partial charge in [0.25, 0.3) is 0 Å². The van der Waals surface area contributed by atoms with Crippen LogP contribution in [-0.4, -0.2) is 37.9 Å². The highest BCUT2D eigenvalue weighted by molar-refractivity contribution is 6.34. The van der Waals surface area contributed by atoms with Crippen LogP contribution in [0.5, 0.6) is 0 Å². The van der Waals surface area contributed by atoms with Crippen molar-refractivity contribution in [3.05, 3.63) is 22.7 Å². The number of esters is 1. The summed E-state index contributed by atoms with van der Waals surface area (Å²) >= 11 is 6.13. The van der Waals surface area contributed by atoms with E-state index < -0.39 is 5.97 Å². The summed E-state index contributed by atoms with van der Waals surface area (Å²) in [5.74, 6) is -0.504. The van der Waals surface area contributed by atoms with E-state index in [9.17, 15) is 4.79 Å². The van der Waals surface area contributed by atoms with Gasteiger partial charge in [-0.1, -0.05) is 11.6 Å². The third-order valence-electron chi connectivity index (χ3n) is 2.56. The lowest BCUT2D eigenvalue weighted by Crippen LogP contribution is -2.28. The molecule has 0 saturated heterocycles. The molecule has 0 heterocycles. The highest BCUT2D eigenvalue weighted by Gasteiger charge is 2.20. The smallest absolute Gasteiger partial charge is 0.340 e. The number of nitrogens with two attached hydrogens (primary N) is 1. The van der Waals surface area contributed by atoms with Gasteiger partial charge in [-0.2, -0.15) is 0 Å². The number of aliphatic hydroxyl groups excluding tert-OH is 1. The number of rotatable bonds is 5. The van der Waals surface area contributed by atoms with Crippen molar-refractivity contribution >= 4 is 28.9 Å². The van der Waals surface area contributed by atoms with Crippen LogP contribution in [0.3, 0.4) is 0 Å². The number of nitrogens with zero attached hydrogens (tertiary/aromatic N) is 1. The minimum absolute atomic E-state index is 0.0326. The van der Waals surface area contributed by atoms with Gasteiger partial charge in [0, 0.05) is 18.8 Å². The summed E-state index contributed by atoms with van der Waals surface area (Å²) < 4.78 is 4.72. The van der Waals surface area contributed by atoms with Crippen LogP contribution >= 0.6 is 11.6 Å². The summed E-state index contributed by atoms with van der Waals surface area (Å²) in [4.78, 5) is 13.5. The minimum atomic E-state index is -0.504. The fraction of sp³-hybridized carbons (Fsp3) is 0.417. The molecular weight excluding hydrogens is 256 g/mol. The van der Waals surface area contributed by atoms with Crippen molar-refractivity contribution in [2.75, 3.05) is 37.4 Å². The van der Waals surface area contributed by atoms with Gasteiger partial charge >= 0.3 is 5.97 Å². The Morgan fingerprint density at radius 1 is 1.56 bits per heavy atom. The normalized spacial score (nSPS) is 10.2. The van der Waals surface area contributed by atoms with Gasteiger partial charge in [-0.25, -0.2) is 4.79 Å². The number of carbonyl (C=O) groups excluding carboxylic acids is 1. The third-order valence-corrected chi connectivity index (χ3v) is 2.85. The summed E-state index contributed by atoms with van der Waals surface area (Å²) in [6.07, 6.45) is 0. The topological polar surface area (TPSA) is 75.8 Å². The van der Waals surface area contributed by atoms with Gasteiger partial charge in [0.2, 0.25) is 0 Å². The molecule has 0 aliphatic rings. The molecule has 0 amide bonds. The Balaban J connectivity index is 3.34. The molecule has 18 heavy (non-hydrogen) atoms. The second kappa shape index (κ2) is 6.47. The Morgan fingerprint density at radius 3 is 2.72 bits per heavy atom. The van der Waals surface area contributed by atoms with Crippen molar-refractivity contribution in [2.24, 2.45) is 0 Å². The van der Waals surface area contributed by atoms with Crippen molar-refractivity contribution in [2.45, 2.75) is 6.92 Å². The van der Waals surface area contributed by atoms with Crippen LogP contribution in [0.2, 0.25) is 5.02 Å². The van der Waals surface area contributed by atoms with Crippen molar-refractivity contribution in [3.63, 3.8) is 0 Å². The standard InChI is InChI=1S/C12H17ClN2O3/c1-3-15(4-5-16)11-9(12(17)18-2)6-8(14)7-10(11)13/h6-7,16H,3-5,14H2,1-2H3. The zero-order valence-electron chi connectivity index (χ0n) is 10.4. The van der Waals surface area contributed by atoms with E-state index in [0.717, 1.165) is 0 Å². The van der Waals surface area contributed by atoms with Crippen LogP contribution in [-0.2, 0) is 4.74 Å². The van der Waals surface area contributed by atoms with Crippen molar-refractivity contribution in [1.82, 2.24) is 0 Å². The van der Waals surface area contributed by atoms with E-state index in [0.29, 0.717) is 35.1 Å². The molecule has 0 fully saturated rings. The van der Waals surface area contributed by atoms with Gasteiger partial charge in [0.1, 0.15) is 0 Å². The molecule has 100 valence electrons. The SMILES string of the molecule is CCN(CCO)c1c(Cl)cc(N)cc1C(=O)OC. The van der Waals surface area contributed by atoms with Crippen LogP contribution in [0.15, 0.2) is 12.1 Å². The predicted octanol–water partition coefficient (Wildman–Crippen LogP) is 1.53. The first kappa shape index (κ1) is 14.6. The molecular formula is C12H17ClN2O3. The van der Waals surface area contributed by atoms with Crippen LogP contribution in [0.1, 0.15) is 17.3 Å². The van der Waals surface area contributed by atoms with Gasteiger partial charge in [-0.15, -0.1) is 0 Å². The highest BCUT2D eigenvalue weighted by Crippen LogP contribution is 2.32. The molecule has 0 spiro atoms. The monoisotopic (exact) mass is 272 g/mol. The number of anilines is 2. The molecule has 5 nitrogen and oxygen atoms in total. The molecule has 3 N–H and O–H groups in total. The second-order valence-corrected chi connectivity index (χ2v) is 4.10. The van der Waals surface area contributed by atoms with Crippen molar-refractivity contribution in [1.29, 1.82) is 0 Å². The summed E-state index contributed by atoms with van der Waals surface area (Å²) in [6, 6.07) is 3.09. The number of carbonyl (C=O) groups is 1. The summed E-state index contributed by atoms with van der Waals surface area (Å²) in [7, 11) is 1.30. The highest BCUT2D eigenvalue weighted by atomic mass is 35.5. The molecule has 0 bridgehead atoms. The van der Waals surface area contributed by atoms with E-state index in [2.05, 4.69) is 0 Å². The molecule has 0 atom stereocenters. The largest absolute Gasteiger partial charge is 0.465 e. The fourth-order valence-electron chi connectivity index (χ4n) is 1.76. The Hall–Kier alpha value is -1.46. The first-order valence-electron chi connectivity index (χ1n) is 5.58. The lowest BCUT2D eigenvalue weighted by Gasteiger charge is -2.25. The number of hydrogen-bond acceptors (Lipinski definition) is 5. The van der Waals surface area contributed by atoms with E-state index >= 15 is 0 Å². The van der Waals surface area contributed by atoms with Crippen LogP contribution < -0.4 is 10.6 Å². The maximum absolute atomic E-state index is 11.7. The molecule has 0 radical (unpaired) electrons. The Morgan fingerprint density at radius 2 is 2.22 bits per heavy atom. The first-order chi connectivity index (χ1) is 8.54.